The van der Waals surface area contributed by atoms with Crippen LogP contribution in [0.3, 0.4) is 0 Å². The van der Waals surface area contributed by atoms with E-state index >= 15 is 0 Å². The van der Waals surface area contributed by atoms with Gasteiger partial charge in [0.2, 0.25) is 10.0 Å². The van der Waals surface area contributed by atoms with Gasteiger partial charge in [-0.25, -0.2) is 13.4 Å². The van der Waals surface area contributed by atoms with E-state index in [0.717, 1.165) is 10.5 Å². The van der Waals surface area contributed by atoms with Crippen molar-refractivity contribution in [3.63, 3.8) is 0 Å². The van der Waals surface area contributed by atoms with Crippen LogP contribution in [0.15, 0.2) is 23.2 Å². The zero-order valence-corrected chi connectivity index (χ0v) is 10.1. The fraction of sp³-hybridized carbons (Fsp3) is 0.300. The second-order valence-corrected chi connectivity index (χ2v) is 5.31. The Morgan fingerprint density at radius 1 is 1.41 bits per heavy atom. The van der Waals surface area contributed by atoms with Crippen LogP contribution in [0.2, 0.25) is 0 Å². The van der Waals surface area contributed by atoms with Crippen molar-refractivity contribution in [2.75, 3.05) is 7.05 Å². The van der Waals surface area contributed by atoms with Gasteiger partial charge in [0.25, 0.3) is 0 Å². The minimum absolute atomic E-state index is 0.0406. The smallest absolute Gasteiger partial charge is 0.244 e. The molecule has 0 aliphatic rings. The quantitative estimate of drug-likeness (QED) is 0.777. The van der Waals surface area contributed by atoms with Crippen molar-refractivity contribution in [3.05, 3.63) is 24.0 Å². The number of aromatic nitrogens is 1. The van der Waals surface area contributed by atoms with E-state index in [1.54, 1.807) is 6.07 Å². The maximum absolute atomic E-state index is 12.0. The van der Waals surface area contributed by atoms with Gasteiger partial charge in [0.1, 0.15) is 22.7 Å². The Morgan fingerprint density at radius 3 is 2.47 bits per heavy atom. The molecular formula is C10H10N4O2S. The largest absolute Gasteiger partial charge is 0.245 e. The van der Waals surface area contributed by atoms with Gasteiger partial charge in [-0.05, 0) is 19.1 Å². The van der Waals surface area contributed by atoms with E-state index in [4.69, 9.17) is 10.5 Å². The molecule has 1 atom stereocenters. The van der Waals surface area contributed by atoms with Crippen molar-refractivity contribution in [1.82, 2.24) is 9.29 Å². The Balaban J connectivity index is 3.15. The molecule has 0 amide bonds. The second kappa shape index (κ2) is 4.91. The molecule has 7 heteroatoms. The van der Waals surface area contributed by atoms with E-state index in [2.05, 4.69) is 4.98 Å². The summed E-state index contributed by atoms with van der Waals surface area (Å²) in [4.78, 5) is 3.64. The third-order valence-corrected chi connectivity index (χ3v) is 4.17. The van der Waals surface area contributed by atoms with Crippen molar-refractivity contribution >= 4 is 10.0 Å². The number of nitriles is 2. The van der Waals surface area contributed by atoms with Gasteiger partial charge in [-0.3, -0.25) is 0 Å². The minimum Gasteiger partial charge on any atom is -0.244 e. The number of hydrogen-bond donors (Lipinski definition) is 0. The predicted octanol–water partition coefficient (Wildman–Crippen LogP) is 0.486. The molecule has 6 nitrogen and oxygen atoms in total. The van der Waals surface area contributed by atoms with Crippen molar-refractivity contribution < 1.29 is 8.42 Å². The number of rotatable bonds is 3. The summed E-state index contributed by atoms with van der Waals surface area (Å²) in [6.07, 6.45) is 1.11. The Labute approximate surface area is 99.8 Å². The number of pyridine rings is 1. The lowest BCUT2D eigenvalue weighted by Gasteiger charge is -2.18. The highest BCUT2D eigenvalue weighted by Gasteiger charge is 2.25. The van der Waals surface area contributed by atoms with Crippen molar-refractivity contribution in [2.45, 2.75) is 17.9 Å². The van der Waals surface area contributed by atoms with Crippen LogP contribution in [0, 0.1) is 22.7 Å². The van der Waals surface area contributed by atoms with Crippen LogP contribution in [-0.4, -0.2) is 30.8 Å². The molecule has 0 spiro atoms. The van der Waals surface area contributed by atoms with Crippen molar-refractivity contribution in [1.29, 1.82) is 10.5 Å². The van der Waals surface area contributed by atoms with Gasteiger partial charge in [0.05, 0.1) is 6.07 Å². The van der Waals surface area contributed by atoms with E-state index in [-0.39, 0.29) is 10.6 Å². The van der Waals surface area contributed by atoms with E-state index in [0.29, 0.717) is 0 Å². The van der Waals surface area contributed by atoms with Gasteiger partial charge in [0, 0.05) is 13.2 Å². The van der Waals surface area contributed by atoms with Crippen LogP contribution < -0.4 is 0 Å². The van der Waals surface area contributed by atoms with Gasteiger partial charge in [0.15, 0.2) is 0 Å². The summed E-state index contributed by atoms with van der Waals surface area (Å²) < 4.78 is 24.9. The lowest BCUT2D eigenvalue weighted by molar-refractivity contribution is 0.441. The highest BCUT2D eigenvalue weighted by atomic mass is 32.2. The van der Waals surface area contributed by atoms with Gasteiger partial charge >= 0.3 is 0 Å². The standard InChI is InChI=1S/C10H10N4O2S/c1-8(5-11)14(2)17(15,16)10-4-3-9(6-12)13-7-10/h3-4,7-8H,1-2H3. The molecule has 0 aliphatic carbocycles. The summed E-state index contributed by atoms with van der Waals surface area (Å²) in [5.41, 5.74) is 0.139. The van der Waals surface area contributed by atoms with Crippen LogP contribution in [0.4, 0.5) is 0 Å². The fourth-order valence-electron chi connectivity index (χ4n) is 1.05. The highest BCUT2D eigenvalue weighted by molar-refractivity contribution is 7.89. The molecule has 0 N–H and O–H groups in total. The average molecular weight is 250 g/mol. The zero-order valence-electron chi connectivity index (χ0n) is 9.32. The Hall–Kier alpha value is -1.96. The van der Waals surface area contributed by atoms with Crippen LogP contribution >= 0.6 is 0 Å². The Kier molecular flexibility index (Phi) is 3.79. The molecule has 1 rings (SSSR count). The Morgan fingerprint density at radius 2 is 2.06 bits per heavy atom. The number of sulfonamides is 1. The van der Waals surface area contributed by atoms with Crippen molar-refractivity contribution in [3.8, 4) is 12.1 Å². The second-order valence-electron chi connectivity index (χ2n) is 3.32. The lowest BCUT2D eigenvalue weighted by atomic mass is 10.4. The van der Waals surface area contributed by atoms with Crippen molar-refractivity contribution in [2.24, 2.45) is 0 Å². The van der Waals surface area contributed by atoms with Gasteiger partial charge in [-0.1, -0.05) is 0 Å². The van der Waals surface area contributed by atoms with E-state index in [9.17, 15) is 8.42 Å². The molecule has 0 aliphatic heterocycles. The average Bonchev–Trinajstić information content (AvgIpc) is 2.36. The number of hydrogen-bond acceptors (Lipinski definition) is 5. The Bertz CT molecular complexity index is 580. The molecule has 17 heavy (non-hydrogen) atoms. The van der Waals surface area contributed by atoms with Crippen LogP contribution in [0.25, 0.3) is 0 Å². The first-order valence-electron chi connectivity index (χ1n) is 4.67. The molecule has 1 unspecified atom stereocenters. The maximum Gasteiger partial charge on any atom is 0.245 e. The molecule has 0 fully saturated rings. The predicted molar refractivity (Wildman–Crippen MR) is 59.0 cm³/mol. The first-order chi connectivity index (χ1) is 7.93. The third-order valence-electron chi connectivity index (χ3n) is 2.26. The van der Waals surface area contributed by atoms with Gasteiger partial charge in [-0.15, -0.1) is 0 Å². The first-order valence-corrected chi connectivity index (χ1v) is 6.11. The third kappa shape index (κ3) is 2.59. The monoisotopic (exact) mass is 250 g/mol. The van der Waals surface area contributed by atoms with E-state index in [1.165, 1.54) is 26.1 Å². The summed E-state index contributed by atoms with van der Waals surface area (Å²) in [5, 5.41) is 17.2. The molecule has 1 heterocycles. The molecule has 1 aromatic rings. The normalized spacial score (nSPS) is 12.8. The van der Waals surface area contributed by atoms with Gasteiger partial charge in [-0.2, -0.15) is 14.8 Å². The summed E-state index contributed by atoms with van der Waals surface area (Å²) in [6, 6.07) is 5.48. The van der Waals surface area contributed by atoms with Crippen LogP contribution in [-0.2, 0) is 10.0 Å². The first kappa shape index (κ1) is 13.1. The topological polar surface area (TPSA) is 97.9 Å². The summed E-state index contributed by atoms with van der Waals surface area (Å²) in [7, 11) is -2.42. The van der Waals surface area contributed by atoms with Crippen LogP contribution in [0.5, 0.6) is 0 Å². The highest BCUT2D eigenvalue weighted by Crippen LogP contribution is 2.15. The summed E-state index contributed by atoms with van der Waals surface area (Å²) in [5.74, 6) is 0. The fourth-order valence-corrected chi connectivity index (χ4v) is 2.28. The molecule has 0 radical (unpaired) electrons. The molecule has 0 saturated carbocycles. The van der Waals surface area contributed by atoms with E-state index < -0.39 is 16.1 Å². The molecule has 0 bridgehead atoms. The molecule has 0 aromatic carbocycles. The summed E-state index contributed by atoms with van der Waals surface area (Å²) in [6.45, 7) is 1.48. The van der Waals surface area contributed by atoms with Gasteiger partial charge < -0.3 is 0 Å². The SMILES string of the molecule is CC(C#N)N(C)S(=O)(=O)c1ccc(C#N)nc1. The molecular weight excluding hydrogens is 240 g/mol. The maximum atomic E-state index is 12.0. The zero-order chi connectivity index (χ0) is 13.1. The summed E-state index contributed by atoms with van der Waals surface area (Å²) >= 11 is 0. The molecule has 88 valence electrons. The van der Waals surface area contributed by atoms with E-state index in [1.807, 2.05) is 6.07 Å². The minimum atomic E-state index is -3.74. The van der Waals surface area contributed by atoms with Crippen LogP contribution in [0.1, 0.15) is 12.6 Å². The molecule has 0 saturated heterocycles. The number of nitrogens with zero attached hydrogens (tertiary/aromatic N) is 4. The molecule has 1 aromatic heterocycles. The lowest BCUT2D eigenvalue weighted by Crippen LogP contribution is -2.34.